The molecular weight excluding hydrogens is 380 g/mol. The first-order valence-electron chi connectivity index (χ1n) is 10.1. The van der Waals surface area contributed by atoms with E-state index in [9.17, 15) is 14.4 Å². The number of anilines is 1. The lowest BCUT2D eigenvalue weighted by atomic mass is 9.95. The van der Waals surface area contributed by atoms with E-state index in [-0.39, 0.29) is 18.6 Å². The third-order valence-electron chi connectivity index (χ3n) is 5.30. The normalized spacial score (nSPS) is 17.4. The average molecular weight is 409 g/mol. The van der Waals surface area contributed by atoms with E-state index in [1.807, 2.05) is 0 Å². The Morgan fingerprint density at radius 3 is 2.46 bits per heavy atom. The highest BCUT2D eigenvalue weighted by Crippen LogP contribution is 2.37. The molecule has 7 nitrogen and oxygen atoms in total. The summed E-state index contributed by atoms with van der Waals surface area (Å²) in [6.45, 7) is -0.873. The summed E-state index contributed by atoms with van der Waals surface area (Å²) in [4.78, 5) is 37.0. The number of amides is 2. The van der Waals surface area contributed by atoms with Crippen LogP contribution in [0.25, 0.3) is 0 Å². The SMILES string of the molecule is O=C(O)COCC(=O)Nc1sc2c(c1C(=O)NC1CCCCC1)CCCCC2. The third-order valence-corrected chi connectivity index (χ3v) is 6.51. The second-order valence-electron chi connectivity index (χ2n) is 7.51. The Hall–Kier alpha value is -1.93. The van der Waals surface area contributed by atoms with E-state index >= 15 is 0 Å². The number of hydrogen-bond acceptors (Lipinski definition) is 5. The van der Waals surface area contributed by atoms with Crippen molar-refractivity contribution in [3.8, 4) is 0 Å². The van der Waals surface area contributed by atoms with E-state index in [0.717, 1.165) is 63.4 Å². The molecule has 0 aromatic carbocycles. The molecule has 0 radical (unpaired) electrons. The van der Waals surface area contributed by atoms with Crippen LogP contribution in [0.2, 0.25) is 0 Å². The van der Waals surface area contributed by atoms with E-state index in [4.69, 9.17) is 9.84 Å². The van der Waals surface area contributed by atoms with Crippen molar-refractivity contribution in [1.82, 2.24) is 5.32 Å². The summed E-state index contributed by atoms with van der Waals surface area (Å²) >= 11 is 1.47. The van der Waals surface area contributed by atoms with Crippen LogP contribution in [0.15, 0.2) is 0 Å². The monoisotopic (exact) mass is 408 g/mol. The highest BCUT2D eigenvalue weighted by molar-refractivity contribution is 7.17. The molecule has 0 saturated heterocycles. The number of aryl methyl sites for hydroxylation is 1. The lowest BCUT2D eigenvalue weighted by Gasteiger charge is -2.23. The fraction of sp³-hybridized carbons (Fsp3) is 0.650. The first kappa shape index (κ1) is 20.8. The molecule has 0 atom stereocenters. The summed E-state index contributed by atoms with van der Waals surface area (Å²) < 4.78 is 4.87. The highest BCUT2D eigenvalue weighted by atomic mass is 32.1. The zero-order chi connectivity index (χ0) is 19.9. The summed E-state index contributed by atoms with van der Waals surface area (Å²) in [5, 5.41) is 15.1. The summed E-state index contributed by atoms with van der Waals surface area (Å²) in [6, 6.07) is 0.199. The molecule has 3 rings (SSSR count). The van der Waals surface area contributed by atoms with Gasteiger partial charge in [-0.1, -0.05) is 25.7 Å². The number of thiophene rings is 1. The second kappa shape index (κ2) is 10.0. The Balaban J connectivity index is 1.75. The minimum Gasteiger partial charge on any atom is -0.480 e. The molecule has 2 amide bonds. The molecule has 154 valence electrons. The van der Waals surface area contributed by atoms with Crippen molar-refractivity contribution < 1.29 is 24.2 Å². The van der Waals surface area contributed by atoms with Crippen molar-refractivity contribution >= 4 is 34.1 Å². The molecule has 1 aromatic heterocycles. The fourth-order valence-electron chi connectivity index (χ4n) is 3.97. The standard InChI is InChI=1S/C20H28N2O5S/c23-16(11-27-12-17(24)25)22-20-18(14-9-5-2-6-10-15(14)28-20)19(26)21-13-7-3-1-4-8-13/h13H,1-12H2,(H,21,26)(H,22,23)(H,24,25). The van der Waals surface area contributed by atoms with Gasteiger partial charge in [0.1, 0.15) is 18.2 Å². The van der Waals surface area contributed by atoms with E-state index in [1.54, 1.807) is 0 Å². The number of fused-ring (bicyclic) bond motifs is 1. The number of carbonyl (C=O) groups is 3. The zero-order valence-corrected chi connectivity index (χ0v) is 16.9. The zero-order valence-electron chi connectivity index (χ0n) is 16.1. The topological polar surface area (TPSA) is 105 Å². The van der Waals surface area contributed by atoms with Crippen LogP contribution < -0.4 is 10.6 Å². The Bertz CT molecular complexity index is 724. The second-order valence-corrected chi connectivity index (χ2v) is 8.62. The molecule has 8 heteroatoms. The lowest BCUT2D eigenvalue weighted by molar-refractivity contribution is -0.143. The number of nitrogens with one attached hydrogen (secondary N) is 2. The van der Waals surface area contributed by atoms with Crippen LogP contribution in [-0.2, 0) is 27.2 Å². The van der Waals surface area contributed by atoms with Crippen LogP contribution in [0.4, 0.5) is 5.00 Å². The van der Waals surface area contributed by atoms with Crippen LogP contribution in [0, 0.1) is 0 Å². The molecule has 1 aromatic rings. The molecule has 0 unspecified atom stereocenters. The number of carboxylic acid groups (broad SMARTS) is 1. The Morgan fingerprint density at radius 2 is 1.71 bits per heavy atom. The maximum Gasteiger partial charge on any atom is 0.329 e. The molecule has 2 aliphatic carbocycles. The van der Waals surface area contributed by atoms with Gasteiger partial charge in [0.05, 0.1) is 5.56 Å². The quantitative estimate of drug-likeness (QED) is 0.601. The van der Waals surface area contributed by atoms with Crippen molar-refractivity contribution in [2.45, 2.75) is 70.3 Å². The largest absolute Gasteiger partial charge is 0.480 e. The van der Waals surface area contributed by atoms with E-state index < -0.39 is 18.5 Å². The van der Waals surface area contributed by atoms with Crippen molar-refractivity contribution in [2.75, 3.05) is 18.5 Å². The summed E-state index contributed by atoms with van der Waals surface area (Å²) in [7, 11) is 0. The Morgan fingerprint density at radius 1 is 1.00 bits per heavy atom. The smallest absolute Gasteiger partial charge is 0.329 e. The van der Waals surface area contributed by atoms with Gasteiger partial charge < -0.3 is 20.5 Å². The molecule has 1 fully saturated rings. The molecule has 2 aliphatic rings. The highest BCUT2D eigenvalue weighted by Gasteiger charge is 2.27. The summed E-state index contributed by atoms with van der Waals surface area (Å²) in [5.41, 5.74) is 1.66. The molecule has 0 spiro atoms. The van der Waals surface area contributed by atoms with E-state index in [2.05, 4.69) is 10.6 Å². The summed E-state index contributed by atoms with van der Waals surface area (Å²) in [5.74, 6) is -1.67. The van der Waals surface area contributed by atoms with Gasteiger partial charge in [0.2, 0.25) is 0 Å². The number of rotatable bonds is 7. The number of hydrogen-bond donors (Lipinski definition) is 3. The van der Waals surface area contributed by atoms with Crippen LogP contribution in [-0.4, -0.2) is 42.1 Å². The number of ether oxygens (including phenoxy) is 1. The van der Waals surface area contributed by atoms with Gasteiger partial charge in [-0.3, -0.25) is 9.59 Å². The van der Waals surface area contributed by atoms with Gasteiger partial charge in [0.25, 0.3) is 11.8 Å². The Labute approximate surface area is 168 Å². The van der Waals surface area contributed by atoms with Gasteiger partial charge in [0.15, 0.2) is 0 Å². The van der Waals surface area contributed by atoms with Crippen molar-refractivity contribution in [3.63, 3.8) is 0 Å². The van der Waals surface area contributed by atoms with Crippen LogP contribution in [0.5, 0.6) is 0 Å². The first-order valence-corrected chi connectivity index (χ1v) is 10.9. The maximum atomic E-state index is 13.1. The minimum atomic E-state index is -1.12. The van der Waals surface area contributed by atoms with Crippen molar-refractivity contribution in [1.29, 1.82) is 0 Å². The van der Waals surface area contributed by atoms with E-state index in [0.29, 0.717) is 10.6 Å². The van der Waals surface area contributed by atoms with E-state index in [1.165, 1.54) is 22.6 Å². The average Bonchev–Trinajstić information content (AvgIpc) is 2.83. The summed E-state index contributed by atoms with van der Waals surface area (Å²) in [6.07, 6.45) is 10.6. The van der Waals surface area contributed by atoms with Gasteiger partial charge in [-0.15, -0.1) is 11.3 Å². The van der Waals surface area contributed by atoms with Crippen molar-refractivity contribution in [3.05, 3.63) is 16.0 Å². The lowest BCUT2D eigenvalue weighted by Crippen LogP contribution is -2.37. The molecular formula is C20H28N2O5S. The Kier molecular flexibility index (Phi) is 7.44. The van der Waals surface area contributed by atoms with Crippen LogP contribution in [0.1, 0.15) is 72.2 Å². The van der Waals surface area contributed by atoms with Crippen LogP contribution in [0.3, 0.4) is 0 Å². The third kappa shape index (κ3) is 5.54. The minimum absolute atomic E-state index is 0.104. The number of carbonyl (C=O) groups excluding carboxylic acids is 2. The molecule has 28 heavy (non-hydrogen) atoms. The van der Waals surface area contributed by atoms with Gasteiger partial charge in [0, 0.05) is 10.9 Å². The van der Waals surface area contributed by atoms with Gasteiger partial charge in [-0.2, -0.15) is 0 Å². The first-order chi connectivity index (χ1) is 13.5. The molecule has 0 bridgehead atoms. The van der Waals surface area contributed by atoms with Crippen LogP contribution >= 0.6 is 11.3 Å². The predicted molar refractivity (Wildman–Crippen MR) is 107 cm³/mol. The predicted octanol–water partition coefficient (Wildman–Crippen LogP) is 3.12. The molecule has 3 N–H and O–H groups in total. The number of aliphatic carboxylic acids is 1. The van der Waals surface area contributed by atoms with Gasteiger partial charge >= 0.3 is 5.97 Å². The number of carboxylic acids is 1. The fourth-order valence-corrected chi connectivity index (χ4v) is 5.27. The molecule has 0 aliphatic heterocycles. The molecule has 1 saturated carbocycles. The van der Waals surface area contributed by atoms with Gasteiger partial charge in [-0.05, 0) is 44.1 Å². The van der Waals surface area contributed by atoms with Crippen molar-refractivity contribution in [2.24, 2.45) is 0 Å². The maximum absolute atomic E-state index is 13.1. The van der Waals surface area contributed by atoms with Gasteiger partial charge in [-0.25, -0.2) is 4.79 Å². The molecule has 1 heterocycles.